The highest BCUT2D eigenvalue weighted by Gasteiger charge is 2.39. The minimum Gasteiger partial charge on any atom is -0.493 e. The van der Waals surface area contributed by atoms with Gasteiger partial charge in [0, 0.05) is 38.3 Å². The number of nitrogens with one attached hydrogen (secondary N) is 1. The third-order valence-corrected chi connectivity index (χ3v) is 7.07. The maximum absolute atomic E-state index is 13.3. The average Bonchev–Trinajstić information content (AvgIpc) is 3.10. The number of anilines is 1. The quantitative estimate of drug-likeness (QED) is 0.525. The Morgan fingerprint density at radius 1 is 1.20 bits per heavy atom. The van der Waals surface area contributed by atoms with Crippen molar-refractivity contribution in [2.45, 2.75) is 37.9 Å². The van der Waals surface area contributed by atoms with Crippen molar-refractivity contribution in [2.75, 3.05) is 51.7 Å². The van der Waals surface area contributed by atoms with E-state index >= 15 is 0 Å². The van der Waals surface area contributed by atoms with Crippen molar-refractivity contribution >= 4 is 29.4 Å². The Labute approximate surface area is 211 Å². The van der Waals surface area contributed by atoms with Crippen molar-refractivity contribution in [1.29, 1.82) is 0 Å². The van der Waals surface area contributed by atoms with E-state index < -0.39 is 0 Å². The third-order valence-electron chi connectivity index (χ3n) is 5.81. The zero-order chi connectivity index (χ0) is 25.8. The Morgan fingerprint density at radius 2 is 1.91 bits per heavy atom. The van der Waals surface area contributed by atoms with Gasteiger partial charge in [-0.25, -0.2) is 0 Å². The second-order valence-electron chi connectivity index (χ2n) is 9.44. The second kappa shape index (κ2) is 11.3. The number of rotatable bonds is 9. The lowest BCUT2D eigenvalue weighted by atomic mass is 9.87. The van der Waals surface area contributed by atoms with Crippen LogP contribution >= 0.6 is 11.8 Å². The van der Waals surface area contributed by atoms with Crippen LogP contribution in [-0.2, 0) is 26.8 Å². The highest BCUT2D eigenvalue weighted by Crippen LogP contribution is 2.48. The average molecular weight is 505 g/mol. The Bertz CT molecular complexity index is 1060. The van der Waals surface area contributed by atoms with Crippen molar-refractivity contribution in [3.63, 3.8) is 0 Å². The zero-order valence-electron chi connectivity index (χ0n) is 21.6. The largest absolute Gasteiger partial charge is 0.493 e. The molecule has 1 aromatic carbocycles. The van der Waals surface area contributed by atoms with E-state index in [1.165, 1.54) is 11.8 Å². The van der Waals surface area contributed by atoms with Crippen molar-refractivity contribution in [2.24, 2.45) is 7.05 Å². The number of aryl methyl sites for hydroxylation is 1. The molecule has 2 aromatic rings. The van der Waals surface area contributed by atoms with Gasteiger partial charge in [-0.2, -0.15) is 5.10 Å². The topological polar surface area (TPSA) is 94.9 Å². The first-order chi connectivity index (χ1) is 16.6. The number of thioether (sulfide) groups is 1. The SMILES string of the molecule is COCCCNC(=O)CN1C(=O)CSC(c2ccc(OC)c(OC)c2)c2c(C(C)(C)C)nn(C)c21. The maximum atomic E-state index is 13.3. The van der Waals surface area contributed by atoms with Gasteiger partial charge in [0.2, 0.25) is 11.8 Å². The molecule has 1 aliphatic rings. The summed E-state index contributed by atoms with van der Waals surface area (Å²) in [6.45, 7) is 7.29. The van der Waals surface area contributed by atoms with Gasteiger partial charge >= 0.3 is 0 Å². The van der Waals surface area contributed by atoms with Crippen molar-refractivity contribution in [3.05, 3.63) is 35.0 Å². The molecule has 1 N–H and O–H groups in total. The molecule has 3 rings (SSSR count). The number of carbonyl (C=O) groups is 2. The van der Waals surface area contributed by atoms with E-state index in [4.69, 9.17) is 19.3 Å². The van der Waals surface area contributed by atoms with Gasteiger partial charge in [-0.05, 0) is 24.1 Å². The summed E-state index contributed by atoms with van der Waals surface area (Å²) in [6.07, 6.45) is 0.707. The number of hydrogen-bond donors (Lipinski definition) is 1. The highest BCUT2D eigenvalue weighted by atomic mass is 32.2. The van der Waals surface area contributed by atoms with Crippen molar-refractivity contribution in [1.82, 2.24) is 15.1 Å². The van der Waals surface area contributed by atoms with Crippen LogP contribution in [0.15, 0.2) is 18.2 Å². The number of ether oxygens (including phenoxy) is 3. The molecule has 0 aliphatic carbocycles. The van der Waals surface area contributed by atoms with Crippen molar-refractivity contribution in [3.8, 4) is 11.5 Å². The molecule has 0 spiro atoms. The van der Waals surface area contributed by atoms with E-state index in [0.29, 0.717) is 36.9 Å². The van der Waals surface area contributed by atoms with Crippen LogP contribution in [-0.4, -0.2) is 68.4 Å². The molecule has 192 valence electrons. The van der Waals surface area contributed by atoms with Crippen LogP contribution in [0, 0.1) is 0 Å². The lowest BCUT2D eigenvalue weighted by Crippen LogP contribution is -2.42. The van der Waals surface area contributed by atoms with Crippen LogP contribution in [0.5, 0.6) is 11.5 Å². The predicted molar refractivity (Wildman–Crippen MR) is 138 cm³/mol. The number of aromatic nitrogens is 2. The molecule has 9 nitrogen and oxygen atoms in total. The molecule has 2 amide bonds. The van der Waals surface area contributed by atoms with E-state index in [0.717, 1.165) is 16.8 Å². The summed E-state index contributed by atoms with van der Waals surface area (Å²) in [7, 11) is 6.66. The minimum atomic E-state index is -0.276. The Balaban J connectivity index is 2.07. The van der Waals surface area contributed by atoms with E-state index in [1.54, 1.807) is 30.9 Å². The summed E-state index contributed by atoms with van der Waals surface area (Å²) < 4.78 is 17.7. The number of hydrogen-bond acceptors (Lipinski definition) is 7. The lowest BCUT2D eigenvalue weighted by molar-refractivity contribution is -0.123. The number of methoxy groups -OCH3 is 3. The first-order valence-electron chi connectivity index (χ1n) is 11.6. The van der Waals surface area contributed by atoms with Gasteiger partial charge in [0.15, 0.2) is 11.5 Å². The summed E-state index contributed by atoms with van der Waals surface area (Å²) >= 11 is 1.53. The maximum Gasteiger partial charge on any atom is 0.240 e. The summed E-state index contributed by atoms with van der Waals surface area (Å²) in [5.41, 5.74) is 2.53. The number of fused-ring (bicyclic) bond motifs is 1. The number of carbonyl (C=O) groups excluding carboxylic acids is 2. The third kappa shape index (κ3) is 5.92. The summed E-state index contributed by atoms with van der Waals surface area (Å²) in [5.74, 6) is 1.80. The fourth-order valence-corrected chi connectivity index (χ4v) is 5.35. The molecular formula is C25H36N4O5S. The molecule has 1 aromatic heterocycles. The Morgan fingerprint density at radius 3 is 2.54 bits per heavy atom. The molecule has 0 bridgehead atoms. The van der Waals surface area contributed by atoms with Crippen LogP contribution in [0.2, 0.25) is 0 Å². The molecule has 0 saturated carbocycles. The molecule has 0 radical (unpaired) electrons. The van der Waals surface area contributed by atoms with Crippen LogP contribution < -0.4 is 19.7 Å². The van der Waals surface area contributed by atoms with Gasteiger partial charge in [0.05, 0.1) is 30.9 Å². The Kier molecular flexibility index (Phi) is 8.71. The molecule has 0 fully saturated rings. The normalized spacial score (nSPS) is 16.0. The fourth-order valence-electron chi connectivity index (χ4n) is 4.17. The van der Waals surface area contributed by atoms with Crippen LogP contribution in [0.25, 0.3) is 0 Å². The monoisotopic (exact) mass is 504 g/mol. The molecule has 2 heterocycles. The summed E-state index contributed by atoms with van der Waals surface area (Å²) in [4.78, 5) is 27.6. The molecule has 10 heteroatoms. The highest BCUT2D eigenvalue weighted by molar-refractivity contribution is 8.00. The first kappa shape index (κ1) is 26.9. The van der Waals surface area contributed by atoms with Gasteiger partial charge in [0.1, 0.15) is 12.4 Å². The van der Waals surface area contributed by atoms with Gasteiger partial charge in [-0.3, -0.25) is 19.2 Å². The van der Waals surface area contributed by atoms with Gasteiger partial charge in [-0.1, -0.05) is 26.8 Å². The smallest absolute Gasteiger partial charge is 0.240 e. The minimum absolute atomic E-state index is 0.0683. The van der Waals surface area contributed by atoms with Gasteiger partial charge in [0.25, 0.3) is 0 Å². The fraction of sp³-hybridized carbons (Fsp3) is 0.560. The first-order valence-corrected chi connectivity index (χ1v) is 12.6. The zero-order valence-corrected chi connectivity index (χ0v) is 22.5. The van der Waals surface area contributed by atoms with E-state index in [-0.39, 0.29) is 34.8 Å². The standard InChI is InChI=1S/C25H36N4O5S/c1-25(2,3)23-21-22(16-9-10-17(33-6)18(13-16)34-7)35-15-20(31)29(24(21)28(4)27-23)14-19(30)26-11-8-12-32-5/h9-10,13,22H,8,11-12,14-15H2,1-7H3,(H,26,30). The van der Waals surface area contributed by atoms with Crippen LogP contribution in [0.1, 0.15) is 49.3 Å². The number of amides is 2. The van der Waals surface area contributed by atoms with Crippen LogP contribution in [0.4, 0.5) is 5.82 Å². The van der Waals surface area contributed by atoms with E-state index in [2.05, 4.69) is 26.1 Å². The molecule has 1 aliphatic heterocycles. The molecule has 0 saturated heterocycles. The number of benzene rings is 1. The van der Waals surface area contributed by atoms with Crippen LogP contribution in [0.3, 0.4) is 0 Å². The van der Waals surface area contributed by atoms with Gasteiger partial charge < -0.3 is 19.5 Å². The Hall–Kier alpha value is -2.72. The predicted octanol–water partition coefficient (Wildman–Crippen LogP) is 3.06. The lowest BCUT2D eigenvalue weighted by Gasteiger charge is -2.24. The molecule has 1 unspecified atom stereocenters. The van der Waals surface area contributed by atoms with Crippen molar-refractivity contribution < 1.29 is 23.8 Å². The van der Waals surface area contributed by atoms with Gasteiger partial charge in [-0.15, -0.1) is 11.8 Å². The second-order valence-corrected chi connectivity index (χ2v) is 10.5. The molecular weight excluding hydrogens is 468 g/mol. The number of nitrogens with zero attached hydrogens (tertiary/aromatic N) is 3. The summed E-state index contributed by atoms with van der Waals surface area (Å²) in [5, 5.41) is 7.55. The summed E-state index contributed by atoms with van der Waals surface area (Å²) in [6, 6.07) is 5.81. The molecule has 35 heavy (non-hydrogen) atoms. The molecule has 1 atom stereocenters. The van der Waals surface area contributed by atoms with E-state index in [1.807, 2.05) is 25.2 Å². The van der Waals surface area contributed by atoms with E-state index in [9.17, 15) is 9.59 Å².